The maximum atomic E-state index is 4.03. The van der Waals surface area contributed by atoms with E-state index in [9.17, 15) is 0 Å². The number of halogens is 1. The van der Waals surface area contributed by atoms with E-state index in [4.69, 9.17) is 0 Å². The van der Waals surface area contributed by atoms with Gasteiger partial charge >= 0.3 is 117 Å². The Labute approximate surface area is 142 Å². The third-order valence-corrected chi connectivity index (χ3v) is 14.5. The van der Waals surface area contributed by atoms with E-state index in [1.807, 2.05) is 0 Å². The molecule has 21 heavy (non-hydrogen) atoms. The van der Waals surface area contributed by atoms with Crippen molar-refractivity contribution in [2.24, 2.45) is 0 Å². The molecule has 0 nitrogen and oxygen atoms in total. The van der Waals surface area contributed by atoms with Crippen molar-refractivity contribution in [3.8, 4) is 0 Å². The van der Waals surface area contributed by atoms with Crippen molar-refractivity contribution in [2.45, 2.75) is 115 Å². The second-order valence-corrected chi connectivity index (χ2v) is 55.7. The molecule has 0 spiro atoms. The van der Waals surface area contributed by atoms with Gasteiger partial charge in [0.1, 0.15) is 0 Å². The fourth-order valence-corrected chi connectivity index (χ4v) is 10.1. The molecule has 0 aromatic rings. The van der Waals surface area contributed by atoms with E-state index in [-0.39, 0.29) is 0 Å². The average molecular weight is 559 g/mol. The van der Waals surface area contributed by atoms with Crippen LogP contribution in [-0.2, 0) is 0 Å². The van der Waals surface area contributed by atoms with Gasteiger partial charge in [0.25, 0.3) is 0 Å². The van der Waals surface area contributed by atoms with Crippen LogP contribution < -0.4 is 0 Å². The molecule has 0 fully saturated rings. The molecule has 0 unspecified atom stereocenters. The van der Waals surface area contributed by atoms with Gasteiger partial charge in [-0.1, -0.05) is 26.2 Å². The molecular weight excluding hydrogens is 517 g/mol. The minimum absolute atomic E-state index is 1.37. The standard InChI is InChI=1S/C16H33.3CH3.Bi.BrH/c1-3-5-7-9-11-13-15-16-14-12-10-8-6-4-2;;;;;/h1,3-16H2,2H3;3*1H3;;1H/q;;;;+1;/p-1. The van der Waals surface area contributed by atoms with Gasteiger partial charge in [-0.05, 0) is 0 Å². The van der Waals surface area contributed by atoms with Crippen molar-refractivity contribution in [3.05, 3.63) is 0 Å². The molecule has 0 heterocycles. The van der Waals surface area contributed by atoms with E-state index in [0.29, 0.717) is 0 Å². The molecule has 0 rings (SSSR count). The quantitative estimate of drug-likeness (QED) is 0.139. The molecule has 0 aromatic carbocycles. The summed E-state index contributed by atoms with van der Waals surface area (Å²) in [6.45, 7) is 2.30. The minimum atomic E-state index is -2.27. The van der Waals surface area contributed by atoms with Gasteiger partial charge in [-0.3, -0.25) is 0 Å². The molecule has 0 aliphatic rings. The van der Waals surface area contributed by atoms with Crippen LogP contribution in [0.25, 0.3) is 0 Å². The van der Waals surface area contributed by atoms with Crippen molar-refractivity contribution in [1.29, 1.82) is 0 Å². The molecule has 0 bridgehead atoms. The first kappa shape index (κ1) is 22.4. The summed E-state index contributed by atoms with van der Waals surface area (Å²) in [5, 5.41) is 0. The van der Waals surface area contributed by atoms with Gasteiger partial charge in [0.05, 0.1) is 0 Å². The van der Waals surface area contributed by atoms with Crippen molar-refractivity contribution in [2.75, 3.05) is 0 Å². The second-order valence-electron chi connectivity index (χ2n) is 8.24. The van der Waals surface area contributed by atoms with E-state index < -0.39 is 16.4 Å². The average Bonchev–Trinajstić information content (AvgIpc) is 2.37. The molecular formula is C19H42BiBr. The maximum absolute atomic E-state index is 4.03. The van der Waals surface area contributed by atoms with E-state index in [1.165, 1.54) is 94.0 Å². The summed E-state index contributed by atoms with van der Waals surface area (Å²) in [4.78, 5) is 0. The normalized spacial score (nSPS) is 14.0. The van der Waals surface area contributed by atoms with Crippen LogP contribution in [0.3, 0.4) is 0 Å². The molecule has 0 atom stereocenters. The summed E-state index contributed by atoms with van der Waals surface area (Å²) >= 11 is 1.77. The predicted molar refractivity (Wildman–Crippen MR) is 107 cm³/mol. The van der Waals surface area contributed by atoms with E-state index >= 15 is 0 Å². The fraction of sp³-hybridized carbons (Fsp3) is 1.00. The molecule has 0 aliphatic carbocycles. The Morgan fingerprint density at radius 3 is 1.10 bits per heavy atom. The molecule has 0 aromatic heterocycles. The Hall–Kier alpha value is 1.36. The molecule has 0 amide bonds. The SMILES string of the molecule is CCCCCCCCCCCCCCC[CH2][Bi]([CH3])([CH3])([CH3])[Br]. The van der Waals surface area contributed by atoms with Crippen molar-refractivity contribution >= 4 is 28.7 Å². The molecule has 0 aliphatic heterocycles. The zero-order valence-corrected chi connectivity index (χ0v) is 20.5. The van der Waals surface area contributed by atoms with Crippen LogP contribution in [-0.4, -0.2) is 16.4 Å². The Bertz CT molecular complexity index is 220. The van der Waals surface area contributed by atoms with Crippen LogP contribution in [0.4, 0.5) is 0 Å². The molecule has 130 valence electrons. The Kier molecular flexibility index (Phi) is 13.6. The molecule has 0 radical (unpaired) electrons. The summed E-state index contributed by atoms with van der Waals surface area (Å²) in [6.07, 6.45) is 20.5. The second kappa shape index (κ2) is 12.7. The van der Waals surface area contributed by atoms with Gasteiger partial charge in [0.2, 0.25) is 0 Å². The summed E-state index contributed by atoms with van der Waals surface area (Å²) in [6, 6.07) is 0. The van der Waals surface area contributed by atoms with Crippen LogP contribution in [0.5, 0.6) is 0 Å². The first-order chi connectivity index (χ1) is 9.81. The summed E-state index contributed by atoms with van der Waals surface area (Å²) in [5.74, 6) is 0. The van der Waals surface area contributed by atoms with Crippen LogP contribution in [0.2, 0.25) is 18.0 Å². The van der Waals surface area contributed by atoms with E-state index in [0.717, 1.165) is 0 Å². The number of hydrogen-bond donors (Lipinski definition) is 0. The van der Waals surface area contributed by atoms with E-state index in [1.54, 1.807) is 0 Å². The Morgan fingerprint density at radius 1 is 0.524 bits per heavy atom. The van der Waals surface area contributed by atoms with Crippen molar-refractivity contribution in [1.82, 2.24) is 0 Å². The Morgan fingerprint density at radius 2 is 0.810 bits per heavy atom. The van der Waals surface area contributed by atoms with Gasteiger partial charge in [0.15, 0.2) is 0 Å². The number of hydrogen-bond acceptors (Lipinski definition) is 0. The summed E-state index contributed by atoms with van der Waals surface area (Å²) in [7, 11) is 0. The zero-order chi connectivity index (χ0) is 16.1. The molecule has 0 saturated heterocycles. The van der Waals surface area contributed by atoms with Gasteiger partial charge < -0.3 is 0 Å². The van der Waals surface area contributed by atoms with Crippen molar-refractivity contribution in [3.63, 3.8) is 0 Å². The first-order valence-electron chi connectivity index (χ1n) is 9.53. The van der Waals surface area contributed by atoms with Crippen LogP contribution in [0, 0.1) is 0 Å². The van der Waals surface area contributed by atoms with Gasteiger partial charge in [0, 0.05) is 0 Å². The summed E-state index contributed by atoms with van der Waals surface area (Å²) in [5.41, 5.74) is 0. The topological polar surface area (TPSA) is 0 Å². The fourth-order valence-electron chi connectivity index (χ4n) is 2.84. The summed E-state index contributed by atoms with van der Waals surface area (Å²) < 4.78 is 9.01. The van der Waals surface area contributed by atoms with Crippen LogP contribution >= 0.6 is 12.2 Å². The predicted octanol–water partition coefficient (Wildman–Crippen LogP) is 8.65. The molecule has 2 heteroatoms. The van der Waals surface area contributed by atoms with Gasteiger partial charge in [-0.15, -0.1) is 0 Å². The first-order valence-corrected chi connectivity index (χ1v) is 30.0. The third kappa shape index (κ3) is 21.4. The number of rotatable bonds is 15. The van der Waals surface area contributed by atoms with Crippen LogP contribution in [0.15, 0.2) is 0 Å². The van der Waals surface area contributed by atoms with E-state index in [2.05, 4.69) is 33.0 Å². The third-order valence-electron chi connectivity index (χ3n) is 4.27. The Balaban J connectivity index is 3.10. The van der Waals surface area contributed by atoms with Gasteiger partial charge in [-0.25, -0.2) is 0 Å². The molecule has 0 N–H and O–H groups in total. The number of unbranched alkanes of at least 4 members (excludes halogenated alkanes) is 13. The van der Waals surface area contributed by atoms with Crippen molar-refractivity contribution < 1.29 is 0 Å². The molecule has 0 saturated carbocycles. The monoisotopic (exact) mass is 558 g/mol. The van der Waals surface area contributed by atoms with Crippen LogP contribution in [0.1, 0.15) is 96.8 Å². The van der Waals surface area contributed by atoms with Gasteiger partial charge in [-0.2, -0.15) is 0 Å². The zero-order valence-electron chi connectivity index (χ0n) is 15.4.